The normalized spacial score (nSPS) is 26.5. The van der Waals surface area contributed by atoms with Crippen molar-refractivity contribution < 1.29 is 9.90 Å². The van der Waals surface area contributed by atoms with Gasteiger partial charge in [-0.3, -0.25) is 4.79 Å². The molecule has 94 valence electrons. The summed E-state index contributed by atoms with van der Waals surface area (Å²) >= 11 is 0. The number of likely N-dealkylation sites (N-methyl/N-ethyl adjacent to an activating group) is 1. The second-order valence-corrected chi connectivity index (χ2v) is 4.98. The number of carboxylic acids is 1. The van der Waals surface area contributed by atoms with Crippen LogP contribution in [-0.4, -0.2) is 60.6 Å². The molecule has 1 aliphatic rings. The van der Waals surface area contributed by atoms with Crippen molar-refractivity contribution >= 4 is 5.97 Å². The van der Waals surface area contributed by atoms with E-state index in [2.05, 4.69) is 30.8 Å². The van der Waals surface area contributed by atoms with Gasteiger partial charge in [0.25, 0.3) is 0 Å². The Hall–Kier alpha value is -0.610. The van der Waals surface area contributed by atoms with Crippen LogP contribution in [0.1, 0.15) is 26.2 Å². The van der Waals surface area contributed by atoms with Gasteiger partial charge in [0.05, 0.1) is 6.42 Å². The lowest BCUT2D eigenvalue weighted by Gasteiger charge is -2.24. The molecule has 0 amide bonds. The predicted octanol–water partition coefficient (Wildman–Crippen LogP) is 1.12. The first-order valence-corrected chi connectivity index (χ1v) is 6.15. The van der Waals surface area contributed by atoms with Crippen LogP contribution in [0.15, 0.2) is 0 Å². The zero-order chi connectivity index (χ0) is 12.1. The fourth-order valence-corrected chi connectivity index (χ4v) is 2.62. The summed E-state index contributed by atoms with van der Waals surface area (Å²) in [6.45, 7) is 4.99. The summed E-state index contributed by atoms with van der Waals surface area (Å²) < 4.78 is 0. The number of nitrogens with zero attached hydrogens (tertiary/aromatic N) is 2. The summed E-state index contributed by atoms with van der Waals surface area (Å²) in [6.07, 6.45) is 2.72. The fourth-order valence-electron chi connectivity index (χ4n) is 2.62. The Morgan fingerprint density at radius 1 is 1.44 bits per heavy atom. The molecule has 0 unspecified atom stereocenters. The molecule has 4 nitrogen and oxygen atoms in total. The lowest BCUT2D eigenvalue weighted by Crippen LogP contribution is -2.35. The number of hydrogen-bond acceptors (Lipinski definition) is 3. The minimum atomic E-state index is -0.694. The van der Waals surface area contributed by atoms with Crippen molar-refractivity contribution in [2.75, 3.05) is 33.7 Å². The van der Waals surface area contributed by atoms with Crippen molar-refractivity contribution in [2.24, 2.45) is 5.92 Å². The molecule has 0 spiro atoms. The highest BCUT2D eigenvalue weighted by molar-refractivity contribution is 5.66. The van der Waals surface area contributed by atoms with Gasteiger partial charge in [0, 0.05) is 25.7 Å². The van der Waals surface area contributed by atoms with Crippen molar-refractivity contribution in [2.45, 2.75) is 32.2 Å². The van der Waals surface area contributed by atoms with Gasteiger partial charge in [0.2, 0.25) is 0 Å². The van der Waals surface area contributed by atoms with Gasteiger partial charge >= 0.3 is 5.97 Å². The monoisotopic (exact) mass is 228 g/mol. The quantitative estimate of drug-likeness (QED) is 0.740. The van der Waals surface area contributed by atoms with Gasteiger partial charge in [-0.15, -0.1) is 0 Å². The van der Waals surface area contributed by atoms with E-state index in [0.29, 0.717) is 18.5 Å². The molecule has 1 N–H and O–H groups in total. The summed E-state index contributed by atoms with van der Waals surface area (Å²) in [5.41, 5.74) is 0. The third-order valence-electron chi connectivity index (χ3n) is 3.45. The maximum absolute atomic E-state index is 10.5. The van der Waals surface area contributed by atoms with Crippen molar-refractivity contribution in [3.05, 3.63) is 0 Å². The van der Waals surface area contributed by atoms with Crippen LogP contribution in [0.25, 0.3) is 0 Å². The number of likely N-dealkylation sites (tertiary alicyclic amines) is 1. The Kier molecular flexibility index (Phi) is 5.22. The third kappa shape index (κ3) is 3.76. The molecular weight excluding hydrogens is 204 g/mol. The molecular formula is C12H24N2O2. The van der Waals surface area contributed by atoms with E-state index in [4.69, 9.17) is 5.11 Å². The SMILES string of the molecule is CCC[C@H]1CN(CCC(=O)O)C[C@@H]1N(C)C. The molecule has 1 fully saturated rings. The molecule has 1 rings (SSSR count). The van der Waals surface area contributed by atoms with E-state index in [1.807, 2.05) is 0 Å². The number of rotatable bonds is 6. The maximum Gasteiger partial charge on any atom is 0.304 e. The Balaban J connectivity index is 2.44. The molecule has 1 aliphatic heterocycles. The number of aliphatic carboxylic acids is 1. The molecule has 0 radical (unpaired) electrons. The van der Waals surface area contributed by atoms with Crippen molar-refractivity contribution in [1.29, 1.82) is 0 Å². The zero-order valence-electron chi connectivity index (χ0n) is 10.6. The van der Waals surface area contributed by atoms with E-state index in [0.717, 1.165) is 13.1 Å². The topological polar surface area (TPSA) is 43.8 Å². The molecule has 0 aromatic carbocycles. The number of carboxylic acid groups (broad SMARTS) is 1. The number of hydrogen-bond donors (Lipinski definition) is 1. The van der Waals surface area contributed by atoms with Crippen molar-refractivity contribution in [3.8, 4) is 0 Å². The van der Waals surface area contributed by atoms with Gasteiger partial charge in [0.1, 0.15) is 0 Å². The average molecular weight is 228 g/mol. The van der Waals surface area contributed by atoms with Crippen molar-refractivity contribution in [1.82, 2.24) is 9.80 Å². The van der Waals surface area contributed by atoms with Crippen LogP contribution in [0.4, 0.5) is 0 Å². The molecule has 0 aromatic rings. The van der Waals surface area contributed by atoms with E-state index in [1.165, 1.54) is 12.8 Å². The van der Waals surface area contributed by atoms with Crippen LogP contribution < -0.4 is 0 Å². The zero-order valence-corrected chi connectivity index (χ0v) is 10.6. The molecule has 4 heteroatoms. The Morgan fingerprint density at radius 2 is 2.12 bits per heavy atom. The summed E-state index contributed by atoms with van der Waals surface area (Å²) in [7, 11) is 4.24. The highest BCUT2D eigenvalue weighted by Crippen LogP contribution is 2.24. The van der Waals surface area contributed by atoms with Gasteiger partial charge < -0.3 is 14.9 Å². The first kappa shape index (κ1) is 13.5. The predicted molar refractivity (Wildman–Crippen MR) is 64.6 cm³/mol. The molecule has 1 heterocycles. The number of carbonyl (C=O) groups is 1. The molecule has 2 atom stereocenters. The van der Waals surface area contributed by atoms with Crippen LogP contribution in [0.5, 0.6) is 0 Å². The second kappa shape index (κ2) is 6.21. The molecule has 0 bridgehead atoms. The Morgan fingerprint density at radius 3 is 2.62 bits per heavy atom. The Labute approximate surface area is 98.2 Å². The minimum Gasteiger partial charge on any atom is -0.481 e. The van der Waals surface area contributed by atoms with Crippen LogP contribution in [0.3, 0.4) is 0 Å². The maximum atomic E-state index is 10.5. The largest absolute Gasteiger partial charge is 0.481 e. The van der Waals surface area contributed by atoms with Crippen LogP contribution in [0.2, 0.25) is 0 Å². The van der Waals surface area contributed by atoms with Crippen LogP contribution >= 0.6 is 0 Å². The molecule has 0 aromatic heterocycles. The molecule has 0 saturated carbocycles. The summed E-state index contributed by atoms with van der Waals surface area (Å²) in [6, 6.07) is 0.591. The first-order valence-electron chi connectivity index (χ1n) is 6.15. The van der Waals surface area contributed by atoms with E-state index in [1.54, 1.807) is 0 Å². The highest BCUT2D eigenvalue weighted by atomic mass is 16.4. The lowest BCUT2D eigenvalue weighted by atomic mass is 9.98. The second-order valence-electron chi connectivity index (χ2n) is 4.98. The summed E-state index contributed by atoms with van der Waals surface area (Å²) in [5, 5.41) is 8.68. The third-order valence-corrected chi connectivity index (χ3v) is 3.45. The fraction of sp³-hybridized carbons (Fsp3) is 0.917. The lowest BCUT2D eigenvalue weighted by molar-refractivity contribution is -0.137. The minimum absolute atomic E-state index is 0.263. The molecule has 1 saturated heterocycles. The van der Waals surface area contributed by atoms with Gasteiger partial charge in [-0.25, -0.2) is 0 Å². The van der Waals surface area contributed by atoms with Gasteiger partial charge in [-0.1, -0.05) is 13.3 Å². The smallest absolute Gasteiger partial charge is 0.304 e. The van der Waals surface area contributed by atoms with Gasteiger partial charge in [0.15, 0.2) is 0 Å². The van der Waals surface area contributed by atoms with E-state index in [9.17, 15) is 4.79 Å². The highest BCUT2D eigenvalue weighted by Gasteiger charge is 2.33. The van der Waals surface area contributed by atoms with E-state index < -0.39 is 5.97 Å². The summed E-state index contributed by atoms with van der Waals surface area (Å²) in [4.78, 5) is 15.1. The van der Waals surface area contributed by atoms with E-state index >= 15 is 0 Å². The van der Waals surface area contributed by atoms with Gasteiger partial charge in [-0.05, 0) is 26.4 Å². The van der Waals surface area contributed by atoms with Gasteiger partial charge in [-0.2, -0.15) is 0 Å². The molecule has 0 aliphatic carbocycles. The molecule has 16 heavy (non-hydrogen) atoms. The van der Waals surface area contributed by atoms with Crippen LogP contribution in [0, 0.1) is 5.92 Å². The standard InChI is InChI=1S/C12H24N2O2/c1-4-5-10-8-14(7-6-12(15)16)9-11(10)13(2)3/h10-11H,4-9H2,1-3H3,(H,15,16)/t10-,11-/m0/s1. The van der Waals surface area contributed by atoms with Crippen molar-refractivity contribution in [3.63, 3.8) is 0 Å². The first-order chi connectivity index (χ1) is 7.54. The average Bonchev–Trinajstić information content (AvgIpc) is 2.59. The van der Waals surface area contributed by atoms with Crippen LogP contribution in [-0.2, 0) is 4.79 Å². The Bertz CT molecular complexity index is 231. The summed E-state index contributed by atoms with van der Waals surface area (Å²) in [5.74, 6) is 0.00846. The van der Waals surface area contributed by atoms with E-state index in [-0.39, 0.29) is 6.42 Å².